The number of nitrogens with zero attached hydrogens (tertiary/aromatic N) is 3. The summed E-state index contributed by atoms with van der Waals surface area (Å²) in [6.07, 6.45) is 4.93. The lowest BCUT2D eigenvalue weighted by Gasteiger charge is -2.15. The molecule has 41 heavy (non-hydrogen) atoms. The van der Waals surface area contributed by atoms with Crippen molar-refractivity contribution in [3.63, 3.8) is 0 Å². The molecule has 5 aromatic rings. The molecular weight excluding hydrogens is 599 g/mol. The lowest BCUT2D eigenvalue weighted by atomic mass is 9.98. The third-order valence-electron chi connectivity index (χ3n) is 8.45. The summed E-state index contributed by atoms with van der Waals surface area (Å²) >= 11 is 9.71. The lowest BCUT2D eigenvalue weighted by Crippen LogP contribution is -2.25. The van der Waals surface area contributed by atoms with E-state index in [0.717, 1.165) is 25.6 Å². The predicted octanol–water partition coefficient (Wildman–Crippen LogP) is 9.29. The Bertz CT molecular complexity index is 1440. The predicted molar refractivity (Wildman–Crippen MR) is 184 cm³/mol. The van der Waals surface area contributed by atoms with Gasteiger partial charge in [-0.05, 0) is 111 Å². The Morgan fingerprint density at radius 3 is 1.88 bits per heavy atom. The molecule has 0 N–H and O–H groups in total. The van der Waals surface area contributed by atoms with Crippen LogP contribution in [0.2, 0.25) is 0 Å². The van der Waals surface area contributed by atoms with Crippen LogP contribution in [0.5, 0.6) is 0 Å². The van der Waals surface area contributed by atoms with Crippen molar-refractivity contribution in [2.45, 2.75) is 25.7 Å². The van der Waals surface area contributed by atoms with E-state index in [2.05, 4.69) is 88.1 Å². The zero-order valence-electron chi connectivity index (χ0n) is 23.8. The van der Waals surface area contributed by atoms with Gasteiger partial charge < -0.3 is 4.90 Å². The van der Waals surface area contributed by atoms with Crippen molar-refractivity contribution >= 4 is 56.7 Å². The molecule has 0 amide bonds. The summed E-state index contributed by atoms with van der Waals surface area (Å²) < 4.78 is 0. The first-order valence-corrected chi connectivity index (χ1v) is 18.8. The highest BCUT2D eigenvalue weighted by atomic mass is 32.1. The molecule has 2 aliphatic heterocycles. The van der Waals surface area contributed by atoms with Crippen LogP contribution in [-0.4, -0.2) is 68.2 Å². The summed E-state index contributed by atoms with van der Waals surface area (Å²) in [6.45, 7) is 7.08. The minimum absolute atomic E-state index is 0.830. The van der Waals surface area contributed by atoms with E-state index in [0.29, 0.717) is 0 Å². The Labute approximate surface area is 264 Å². The summed E-state index contributed by atoms with van der Waals surface area (Å²) in [5, 5.41) is 4.40. The Balaban J connectivity index is 1.18. The molecule has 0 aromatic carbocycles. The number of likely N-dealkylation sites (N-methyl/N-ethyl adjacent to an activating group) is 1. The maximum atomic E-state index is 2.60. The number of hydrogen-bond acceptors (Lipinski definition) is 8. The van der Waals surface area contributed by atoms with Gasteiger partial charge in [-0.15, -0.1) is 56.7 Å². The zero-order chi connectivity index (χ0) is 27.8. The van der Waals surface area contributed by atoms with Gasteiger partial charge in [-0.1, -0.05) is 12.1 Å². The maximum absolute atomic E-state index is 2.60. The monoisotopic (exact) mass is 635 g/mol. The summed E-state index contributed by atoms with van der Waals surface area (Å²) in [4.78, 5) is 19.0. The molecule has 0 bridgehead atoms. The molecule has 3 nitrogen and oxygen atoms in total. The number of hydrogen-bond donors (Lipinski definition) is 0. The molecular formula is C33H37N3S5. The van der Waals surface area contributed by atoms with E-state index < -0.39 is 0 Å². The van der Waals surface area contributed by atoms with Crippen LogP contribution in [0.15, 0.2) is 59.3 Å². The van der Waals surface area contributed by atoms with Crippen LogP contribution in [0.1, 0.15) is 24.0 Å². The Morgan fingerprint density at radius 2 is 1.34 bits per heavy atom. The van der Waals surface area contributed by atoms with Crippen molar-refractivity contribution in [2.75, 3.05) is 53.5 Å². The first-order chi connectivity index (χ1) is 20.1. The highest BCUT2D eigenvalue weighted by molar-refractivity contribution is 7.29. The fourth-order valence-electron chi connectivity index (χ4n) is 6.19. The Hall–Kier alpha value is -1.62. The Kier molecular flexibility index (Phi) is 8.62. The molecule has 7 heterocycles. The number of likely N-dealkylation sites (tertiary alicyclic amines) is 1. The van der Waals surface area contributed by atoms with Gasteiger partial charge in [0.15, 0.2) is 0 Å². The number of thiophene rings is 5. The number of rotatable bonds is 10. The van der Waals surface area contributed by atoms with Crippen LogP contribution in [-0.2, 0) is 12.8 Å². The topological polar surface area (TPSA) is 9.72 Å². The normalized spacial score (nSPS) is 18.7. The van der Waals surface area contributed by atoms with Crippen molar-refractivity contribution in [2.24, 2.45) is 5.92 Å². The van der Waals surface area contributed by atoms with Crippen molar-refractivity contribution in [3.05, 3.63) is 70.4 Å². The molecule has 2 saturated heterocycles. The first kappa shape index (κ1) is 28.2. The summed E-state index contributed by atoms with van der Waals surface area (Å²) in [6, 6.07) is 18.7. The van der Waals surface area contributed by atoms with Crippen molar-refractivity contribution in [3.8, 4) is 39.0 Å². The first-order valence-electron chi connectivity index (χ1n) is 14.6. The summed E-state index contributed by atoms with van der Waals surface area (Å²) in [5.41, 5.74) is 3.06. The van der Waals surface area contributed by atoms with Gasteiger partial charge in [0.05, 0.1) is 6.67 Å². The van der Waals surface area contributed by atoms with E-state index in [1.165, 1.54) is 90.0 Å². The summed E-state index contributed by atoms with van der Waals surface area (Å²) in [5.74, 6) is 0.830. The van der Waals surface area contributed by atoms with Crippen LogP contribution < -0.4 is 0 Å². The fourth-order valence-corrected chi connectivity index (χ4v) is 11.6. The second-order valence-electron chi connectivity index (χ2n) is 11.6. The van der Waals surface area contributed by atoms with Gasteiger partial charge >= 0.3 is 0 Å². The van der Waals surface area contributed by atoms with Crippen LogP contribution in [0, 0.1) is 5.92 Å². The highest BCUT2D eigenvalue weighted by Crippen LogP contribution is 2.47. The fraction of sp³-hybridized carbons (Fsp3) is 0.394. The van der Waals surface area contributed by atoms with E-state index in [1.807, 2.05) is 56.7 Å². The van der Waals surface area contributed by atoms with Gasteiger partial charge in [-0.25, -0.2) is 0 Å². The quantitative estimate of drug-likeness (QED) is 0.151. The van der Waals surface area contributed by atoms with Crippen molar-refractivity contribution in [1.29, 1.82) is 0 Å². The average Bonchev–Trinajstić information content (AvgIpc) is 3.80. The van der Waals surface area contributed by atoms with Gasteiger partial charge in [0.25, 0.3) is 0 Å². The van der Waals surface area contributed by atoms with Crippen LogP contribution in [0.25, 0.3) is 39.0 Å². The molecule has 7 rings (SSSR count). The van der Waals surface area contributed by atoms with Crippen LogP contribution >= 0.6 is 56.7 Å². The molecule has 1 atom stereocenters. The minimum atomic E-state index is 0.830. The molecule has 8 heteroatoms. The van der Waals surface area contributed by atoms with E-state index in [4.69, 9.17) is 0 Å². The minimum Gasteiger partial charge on any atom is -0.306 e. The van der Waals surface area contributed by atoms with Crippen LogP contribution in [0.3, 0.4) is 0 Å². The molecule has 1 unspecified atom stereocenters. The number of aryl methyl sites for hydroxylation is 1. The van der Waals surface area contributed by atoms with Crippen molar-refractivity contribution < 1.29 is 0 Å². The molecule has 2 fully saturated rings. The molecule has 0 aliphatic carbocycles. The molecule has 214 valence electrons. The van der Waals surface area contributed by atoms with Crippen molar-refractivity contribution in [1.82, 2.24) is 14.7 Å². The standard InChI is InChI=1S/C33H37N3S5/c1-34-13-11-23(21-34)7-8-24-19-30(26-5-3-17-37-26)40-32(24)28-9-10-29(39-28)33-25(12-14-36-16-15-35(2)22-36)20-31(41-33)27-6-4-18-38-27/h3-6,9-10,17-20,23H,7-8,11-16,21-22H2,1-2H3. The van der Waals surface area contributed by atoms with Gasteiger partial charge in [-0.2, -0.15) is 0 Å². The van der Waals surface area contributed by atoms with Crippen LogP contribution in [0.4, 0.5) is 0 Å². The molecule has 5 aromatic heterocycles. The van der Waals surface area contributed by atoms with Gasteiger partial charge in [-0.3, -0.25) is 9.80 Å². The SMILES string of the molecule is CN1CCC(CCc2cc(-c3cccs3)sc2-c2ccc(-c3sc(-c4cccs4)cc3CCN3CCN(C)C3)s2)C1. The lowest BCUT2D eigenvalue weighted by molar-refractivity contribution is 0.277. The largest absolute Gasteiger partial charge is 0.306 e. The van der Waals surface area contributed by atoms with E-state index >= 15 is 0 Å². The average molecular weight is 636 g/mol. The zero-order valence-corrected chi connectivity index (χ0v) is 27.9. The van der Waals surface area contributed by atoms with E-state index in [-0.39, 0.29) is 0 Å². The maximum Gasteiger partial charge on any atom is 0.0504 e. The smallest absolute Gasteiger partial charge is 0.0504 e. The van der Waals surface area contributed by atoms with Gasteiger partial charge in [0.1, 0.15) is 0 Å². The molecule has 0 spiro atoms. The molecule has 0 saturated carbocycles. The highest BCUT2D eigenvalue weighted by Gasteiger charge is 2.23. The second kappa shape index (κ2) is 12.5. The summed E-state index contributed by atoms with van der Waals surface area (Å²) in [7, 11) is 4.50. The molecule has 0 radical (unpaired) electrons. The molecule has 2 aliphatic rings. The third-order valence-corrected chi connectivity index (χ3v) is 14.4. The van der Waals surface area contributed by atoms with Gasteiger partial charge in [0, 0.05) is 65.2 Å². The van der Waals surface area contributed by atoms with E-state index in [1.54, 1.807) is 5.56 Å². The second-order valence-corrected chi connectivity index (χ2v) is 16.7. The van der Waals surface area contributed by atoms with E-state index in [9.17, 15) is 0 Å². The third kappa shape index (κ3) is 6.36. The Morgan fingerprint density at radius 1 is 0.683 bits per heavy atom. The van der Waals surface area contributed by atoms with Gasteiger partial charge in [0.2, 0.25) is 0 Å².